The first-order valence-electron chi connectivity index (χ1n) is 2.88. The number of likely N-dealkylation sites (N-methyl/N-ethyl adjacent to an activating group) is 1. The van der Waals surface area contributed by atoms with Crippen molar-refractivity contribution in [3.63, 3.8) is 0 Å². The van der Waals surface area contributed by atoms with Gasteiger partial charge in [0, 0.05) is 6.54 Å². The predicted octanol–water partition coefficient (Wildman–Crippen LogP) is 1.62. The third-order valence-electron chi connectivity index (χ3n) is 1.25. The Morgan fingerprint density at radius 3 is 3.11 bits per heavy atom. The van der Waals surface area contributed by atoms with Gasteiger partial charge in [-0.15, -0.1) is 10.7 Å². The molecule has 50 valence electrons. The lowest BCUT2D eigenvalue weighted by Gasteiger charge is -2.13. The fraction of sp³-hybridized carbons (Fsp3) is 0.286. The molecule has 0 bridgehead atoms. The van der Waals surface area contributed by atoms with Crippen molar-refractivity contribution in [2.45, 2.75) is 0 Å². The maximum Gasteiger partial charge on any atom is 0.0268 e. The zero-order valence-corrected chi connectivity index (χ0v) is 6.40. The van der Waals surface area contributed by atoms with E-state index < -0.39 is 0 Å². The van der Waals surface area contributed by atoms with E-state index >= 15 is 0 Å². The van der Waals surface area contributed by atoms with Crippen LogP contribution in [0.15, 0.2) is 23.6 Å². The Morgan fingerprint density at radius 1 is 1.56 bits per heavy atom. The summed E-state index contributed by atoms with van der Waals surface area (Å²) in [5.74, 6) is 3.97. The van der Waals surface area contributed by atoms with E-state index in [9.17, 15) is 0 Å². The van der Waals surface area contributed by atoms with Gasteiger partial charge in [-0.2, -0.15) is 0 Å². The van der Waals surface area contributed by atoms with E-state index in [0.29, 0.717) is 0 Å². The van der Waals surface area contributed by atoms with Crippen LogP contribution in [0.3, 0.4) is 0 Å². The average molecular weight is 141 g/mol. The molecule has 0 spiro atoms. The first-order valence-corrected chi connectivity index (χ1v) is 4.29. The minimum Gasteiger partial charge on any atom is -0.252 e. The van der Waals surface area contributed by atoms with Gasteiger partial charge in [-0.3, -0.25) is 4.31 Å². The number of hydrogen-bond donors (Lipinski definition) is 0. The van der Waals surface area contributed by atoms with Crippen molar-refractivity contribution in [3.05, 3.63) is 23.6 Å². The SMILES string of the molecule is C=S1C=CC=CCN1C. The summed E-state index contributed by atoms with van der Waals surface area (Å²) >= 11 is 0. The standard InChI is InChI=1S/C7H11NS/c1-8-6-4-3-5-7-9(8)2/h3-5,7H,2,6H2,1H3. The molecule has 1 nitrogen and oxygen atoms in total. The lowest BCUT2D eigenvalue weighted by Crippen LogP contribution is -2.08. The van der Waals surface area contributed by atoms with E-state index in [1.165, 1.54) is 0 Å². The highest BCUT2D eigenvalue weighted by molar-refractivity contribution is 8.14. The van der Waals surface area contributed by atoms with E-state index in [4.69, 9.17) is 0 Å². The molecule has 0 amide bonds. The van der Waals surface area contributed by atoms with Crippen LogP contribution in [-0.4, -0.2) is 23.8 Å². The van der Waals surface area contributed by atoms with Gasteiger partial charge in [0.2, 0.25) is 0 Å². The normalized spacial score (nSPS) is 28.3. The Bertz CT molecular complexity index is 170. The highest BCUT2D eigenvalue weighted by Gasteiger charge is 1.95. The molecule has 0 aliphatic carbocycles. The zero-order valence-electron chi connectivity index (χ0n) is 5.58. The second-order valence-corrected chi connectivity index (χ2v) is 3.67. The number of nitrogens with zero attached hydrogens (tertiary/aromatic N) is 1. The fourth-order valence-corrected chi connectivity index (χ4v) is 1.38. The molecule has 1 aliphatic heterocycles. The quantitative estimate of drug-likeness (QED) is 0.463. The first-order chi connectivity index (χ1) is 4.30. The van der Waals surface area contributed by atoms with Gasteiger partial charge in [0.1, 0.15) is 0 Å². The van der Waals surface area contributed by atoms with E-state index in [-0.39, 0.29) is 10.7 Å². The van der Waals surface area contributed by atoms with Crippen LogP contribution >= 0.6 is 10.7 Å². The molecule has 0 aromatic rings. The second kappa shape index (κ2) is 2.99. The van der Waals surface area contributed by atoms with Crippen molar-refractivity contribution >= 4 is 16.5 Å². The summed E-state index contributed by atoms with van der Waals surface area (Å²) in [6, 6.07) is 0. The van der Waals surface area contributed by atoms with E-state index in [1.807, 2.05) is 0 Å². The fourth-order valence-electron chi connectivity index (χ4n) is 0.624. The van der Waals surface area contributed by atoms with Crippen LogP contribution in [0, 0.1) is 0 Å². The average Bonchev–Trinajstić information content (AvgIpc) is 1.99. The van der Waals surface area contributed by atoms with Crippen molar-refractivity contribution in [1.82, 2.24) is 4.31 Å². The molecule has 1 unspecified atom stereocenters. The molecule has 1 rings (SSSR count). The van der Waals surface area contributed by atoms with Gasteiger partial charge in [-0.1, -0.05) is 24.1 Å². The Kier molecular flexibility index (Phi) is 2.25. The Hall–Kier alpha value is -0.340. The van der Waals surface area contributed by atoms with Crippen LogP contribution in [0.25, 0.3) is 0 Å². The van der Waals surface area contributed by atoms with Crippen molar-refractivity contribution in [1.29, 1.82) is 0 Å². The summed E-state index contributed by atoms with van der Waals surface area (Å²) in [6.07, 6.45) is 6.25. The molecule has 0 fully saturated rings. The Balaban J connectivity index is 2.69. The Morgan fingerprint density at radius 2 is 2.33 bits per heavy atom. The molecule has 2 heteroatoms. The molecule has 1 heterocycles. The number of hydrogen-bond acceptors (Lipinski definition) is 1. The van der Waals surface area contributed by atoms with Crippen molar-refractivity contribution < 1.29 is 0 Å². The molecule has 0 radical (unpaired) electrons. The molecule has 0 saturated carbocycles. The van der Waals surface area contributed by atoms with Gasteiger partial charge in [-0.25, -0.2) is 0 Å². The third-order valence-corrected chi connectivity index (χ3v) is 2.67. The summed E-state index contributed by atoms with van der Waals surface area (Å²) in [5.41, 5.74) is 0. The second-order valence-electron chi connectivity index (χ2n) is 1.97. The van der Waals surface area contributed by atoms with Crippen molar-refractivity contribution in [3.8, 4) is 0 Å². The van der Waals surface area contributed by atoms with Gasteiger partial charge in [0.15, 0.2) is 0 Å². The minimum atomic E-state index is 0.0880. The number of rotatable bonds is 0. The topological polar surface area (TPSA) is 3.24 Å². The maximum absolute atomic E-state index is 3.97. The van der Waals surface area contributed by atoms with E-state index in [2.05, 4.69) is 40.9 Å². The van der Waals surface area contributed by atoms with Crippen LogP contribution in [0.5, 0.6) is 0 Å². The maximum atomic E-state index is 3.97. The van der Waals surface area contributed by atoms with Crippen LogP contribution in [-0.2, 0) is 0 Å². The van der Waals surface area contributed by atoms with Crippen LogP contribution < -0.4 is 0 Å². The predicted molar refractivity (Wildman–Crippen MR) is 45.6 cm³/mol. The lowest BCUT2D eigenvalue weighted by atomic mass is 10.5. The molecular weight excluding hydrogens is 130 g/mol. The van der Waals surface area contributed by atoms with Gasteiger partial charge >= 0.3 is 0 Å². The monoisotopic (exact) mass is 141 g/mol. The summed E-state index contributed by atoms with van der Waals surface area (Å²) in [4.78, 5) is 0. The molecule has 0 saturated heterocycles. The molecule has 1 aliphatic rings. The first kappa shape index (κ1) is 6.78. The highest BCUT2D eigenvalue weighted by atomic mass is 32.2. The highest BCUT2D eigenvalue weighted by Crippen LogP contribution is 2.17. The summed E-state index contributed by atoms with van der Waals surface area (Å²) < 4.78 is 2.21. The van der Waals surface area contributed by atoms with Crippen LogP contribution in [0.1, 0.15) is 0 Å². The lowest BCUT2D eigenvalue weighted by molar-refractivity contribution is 0.639. The van der Waals surface area contributed by atoms with Gasteiger partial charge in [0.25, 0.3) is 0 Å². The van der Waals surface area contributed by atoms with Gasteiger partial charge in [0.05, 0.1) is 0 Å². The van der Waals surface area contributed by atoms with E-state index in [1.54, 1.807) is 0 Å². The summed E-state index contributed by atoms with van der Waals surface area (Å²) in [6.45, 7) is 1.01. The summed E-state index contributed by atoms with van der Waals surface area (Å²) in [5, 5.41) is 2.11. The van der Waals surface area contributed by atoms with Gasteiger partial charge < -0.3 is 0 Å². The zero-order chi connectivity index (χ0) is 6.69. The molecule has 0 aromatic heterocycles. The van der Waals surface area contributed by atoms with E-state index in [0.717, 1.165) is 6.54 Å². The molecular formula is C7H11NS. The van der Waals surface area contributed by atoms with Crippen molar-refractivity contribution in [2.24, 2.45) is 0 Å². The summed E-state index contributed by atoms with van der Waals surface area (Å²) in [7, 11) is 2.17. The largest absolute Gasteiger partial charge is 0.252 e. The molecule has 0 N–H and O–H groups in total. The Labute approximate surface area is 58.7 Å². The minimum absolute atomic E-state index is 0.0880. The smallest absolute Gasteiger partial charge is 0.0268 e. The molecule has 0 aromatic carbocycles. The van der Waals surface area contributed by atoms with Crippen LogP contribution in [0.2, 0.25) is 0 Å². The number of allylic oxidation sites excluding steroid dienone is 2. The third kappa shape index (κ3) is 1.80. The molecule has 1 atom stereocenters. The van der Waals surface area contributed by atoms with Crippen molar-refractivity contribution in [2.75, 3.05) is 13.6 Å². The van der Waals surface area contributed by atoms with Crippen LogP contribution in [0.4, 0.5) is 0 Å². The molecule has 9 heavy (non-hydrogen) atoms. The van der Waals surface area contributed by atoms with Gasteiger partial charge in [-0.05, 0) is 12.5 Å².